The van der Waals surface area contributed by atoms with Crippen molar-refractivity contribution in [1.82, 2.24) is 10.3 Å². The van der Waals surface area contributed by atoms with E-state index in [0.717, 1.165) is 6.42 Å². The highest BCUT2D eigenvalue weighted by molar-refractivity contribution is 6.33. The van der Waals surface area contributed by atoms with Crippen LogP contribution in [0, 0.1) is 17.2 Å². The summed E-state index contributed by atoms with van der Waals surface area (Å²) in [5.41, 5.74) is 0.434. The van der Waals surface area contributed by atoms with E-state index in [1.165, 1.54) is 38.3 Å². The first-order valence-electron chi connectivity index (χ1n) is 8.29. The van der Waals surface area contributed by atoms with E-state index in [0.29, 0.717) is 35.4 Å². The number of carbonyl (C=O) groups excluding carboxylic acids is 1. The molecule has 0 spiro atoms. The number of carbonyl (C=O) groups is 1. The largest absolute Gasteiger partial charge is 0.353 e. The van der Waals surface area contributed by atoms with Crippen molar-refractivity contribution in [1.29, 1.82) is 5.26 Å². The summed E-state index contributed by atoms with van der Waals surface area (Å²) < 4.78 is 0. The third kappa shape index (κ3) is 3.59. The number of halogens is 1. The molecule has 1 N–H and O–H groups in total. The highest BCUT2D eigenvalue weighted by atomic mass is 35.5. The minimum Gasteiger partial charge on any atom is -0.353 e. The van der Waals surface area contributed by atoms with Gasteiger partial charge >= 0.3 is 0 Å². The van der Waals surface area contributed by atoms with Crippen molar-refractivity contribution in [2.24, 2.45) is 5.92 Å². The van der Waals surface area contributed by atoms with Gasteiger partial charge in [0.15, 0.2) is 0 Å². The van der Waals surface area contributed by atoms with Gasteiger partial charge in [0.25, 0.3) is 0 Å². The normalized spacial score (nSPS) is 22.5. The molecule has 1 unspecified atom stereocenters. The van der Waals surface area contributed by atoms with Crippen LogP contribution in [0.4, 0.5) is 5.82 Å². The van der Waals surface area contributed by atoms with Gasteiger partial charge < -0.3 is 10.2 Å². The molecule has 2 heterocycles. The molecule has 1 saturated carbocycles. The second-order valence-electron chi connectivity index (χ2n) is 6.38. The zero-order valence-electron chi connectivity index (χ0n) is 13.1. The highest BCUT2D eigenvalue weighted by Crippen LogP contribution is 2.32. The van der Waals surface area contributed by atoms with Crippen LogP contribution >= 0.6 is 11.6 Å². The van der Waals surface area contributed by atoms with E-state index < -0.39 is 0 Å². The average Bonchev–Trinajstić information content (AvgIpc) is 2.58. The molecule has 1 aromatic rings. The van der Waals surface area contributed by atoms with Crippen molar-refractivity contribution in [2.75, 3.05) is 18.0 Å². The van der Waals surface area contributed by atoms with E-state index in [9.17, 15) is 4.79 Å². The number of amides is 1. The Morgan fingerprint density at radius 2 is 2.17 bits per heavy atom. The molecule has 2 aliphatic rings. The summed E-state index contributed by atoms with van der Waals surface area (Å²) in [5, 5.41) is 12.3. The predicted molar refractivity (Wildman–Crippen MR) is 89.3 cm³/mol. The van der Waals surface area contributed by atoms with Crippen LogP contribution in [0.15, 0.2) is 12.3 Å². The number of aromatic nitrogens is 1. The average molecular weight is 333 g/mol. The molecule has 1 aliphatic heterocycles. The molecule has 6 heteroatoms. The summed E-state index contributed by atoms with van der Waals surface area (Å²) in [6, 6.07) is 3.44. The van der Waals surface area contributed by atoms with Crippen molar-refractivity contribution in [3.05, 3.63) is 22.8 Å². The molecule has 1 amide bonds. The molecule has 1 saturated heterocycles. The van der Waals surface area contributed by atoms with Crippen LogP contribution in [-0.2, 0) is 4.79 Å². The molecule has 3 rings (SSSR count). The van der Waals surface area contributed by atoms with Gasteiger partial charge in [-0.3, -0.25) is 4.79 Å². The number of pyridine rings is 1. The first-order valence-corrected chi connectivity index (χ1v) is 8.67. The minimum atomic E-state index is -0.218. The van der Waals surface area contributed by atoms with Crippen molar-refractivity contribution in [3.8, 4) is 6.07 Å². The number of nitriles is 1. The van der Waals surface area contributed by atoms with Gasteiger partial charge in [0.2, 0.25) is 5.91 Å². The number of rotatable bonds is 3. The summed E-state index contributed by atoms with van der Waals surface area (Å²) in [6.07, 6.45) is 8.59. The van der Waals surface area contributed by atoms with Gasteiger partial charge in [-0.2, -0.15) is 5.26 Å². The summed E-state index contributed by atoms with van der Waals surface area (Å²) in [7, 11) is 0. The maximum atomic E-state index is 12.4. The number of piperazine rings is 1. The Morgan fingerprint density at radius 1 is 1.39 bits per heavy atom. The molecule has 1 aromatic heterocycles. The van der Waals surface area contributed by atoms with Crippen LogP contribution < -0.4 is 10.2 Å². The summed E-state index contributed by atoms with van der Waals surface area (Å²) in [6.45, 7) is 1.29. The van der Waals surface area contributed by atoms with Crippen LogP contribution in [0.1, 0.15) is 44.1 Å². The van der Waals surface area contributed by atoms with Crippen LogP contribution in [0.5, 0.6) is 0 Å². The highest BCUT2D eigenvalue weighted by Gasteiger charge is 2.34. The minimum absolute atomic E-state index is 0.0593. The van der Waals surface area contributed by atoms with Gasteiger partial charge in [-0.1, -0.05) is 43.7 Å². The van der Waals surface area contributed by atoms with Gasteiger partial charge in [0.1, 0.15) is 17.9 Å². The van der Waals surface area contributed by atoms with Crippen LogP contribution in [0.3, 0.4) is 0 Å². The fourth-order valence-electron chi connectivity index (χ4n) is 3.64. The molecule has 23 heavy (non-hydrogen) atoms. The fourth-order valence-corrected chi connectivity index (χ4v) is 3.92. The van der Waals surface area contributed by atoms with Gasteiger partial charge in [-0.25, -0.2) is 4.98 Å². The van der Waals surface area contributed by atoms with Gasteiger partial charge in [-0.15, -0.1) is 0 Å². The first kappa shape index (κ1) is 16.1. The number of hydrogen-bond donors (Lipinski definition) is 1. The van der Waals surface area contributed by atoms with E-state index in [1.54, 1.807) is 6.07 Å². The molecular weight excluding hydrogens is 312 g/mol. The summed E-state index contributed by atoms with van der Waals surface area (Å²) >= 11 is 6.31. The molecule has 122 valence electrons. The molecule has 0 radical (unpaired) electrons. The van der Waals surface area contributed by atoms with E-state index in [2.05, 4.69) is 10.3 Å². The Labute approximate surface area is 141 Å². The van der Waals surface area contributed by atoms with E-state index in [-0.39, 0.29) is 11.9 Å². The molecule has 2 fully saturated rings. The van der Waals surface area contributed by atoms with Crippen LogP contribution in [-0.4, -0.2) is 30.0 Å². The lowest BCUT2D eigenvalue weighted by Gasteiger charge is -2.38. The maximum Gasteiger partial charge on any atom is 0.242 e. The maximum absolute atomic E-state index is 12.4. The Bertz CT molecular complexity index is 622. The second kappa shape index (κ2) is 7.18. The van der Waals surface area contributed by atoms with Gasteiger partial charge in [0, 0.05) is 19.3 Å². The monoisotopic (exact) mass is 332 g/mol. The second-order valence-corrected chi connectivity index (χ2v) is 6.79. The third-order valence-corrected chi connectivity index (χ3v) is 5.11. The lowest BCUT2D eigenvalue weighted by molar-refractivity contribution is -0.123. The SMILES string of the molecule is N#Cc1cnc(N2CCNC(=O)C2CC2CCCCC2)c(Cl)c1. The lowest BCUT2D eigenvalue weighted by Crippen LogP contribution is -2.56. The smallest absolute Gasteiger partial charge is 0.242 e. The van der Waals surface area contributed by atoms with Crippen LogP contribution in [0.25, 0.3) is 0 Å². The van der Waals surface area contributed by atoms with E-state index in [4.69, 9.17) is 16.9 Å². The fraction of sp³-hybridized carbons (Fsp3) is 0.588. The summed E-state index contributed by atoms with van der Waals surface area (Å²) in [5.74, 6) is 1.27. The van der Waals surface area contributed by atoms with Gasteiger partial charge in [-0.05, 0) is 18.4 Å². The molecule has 5 nitrogen and oxygen atoms in total. The topological polar surface area (TPSA) is 69.0 Å². The number of nitrogens with one attached hydrogen (secondary N) is 1. The number of anilines is 1. The molecule has 0 bridgehead atoms. The standard InChI is InChI=1S/C17H21ClN4O/c18-14-8-13(10-19)11-21-16(14)22-7-6-20-17(23)15(22)9-12-4-2-1-3-5-12/h8,11-12,15H,1-7,9H2,(H,20,23). The Morgan fingerprint density at radius 3 is 2.87 bits per heavy atom. The molecule has 1 aliphatic carbocycles. The lowest BCUT2D eigenvalue weighted by atomic mass is 9.84. The van der Waals surface area contributed by atoms with Gasteiger partial charge in [0.05, 0.1) is 10.6 Å². The number of hydrogen-bond acceptors (Lipinski definition) is 4. The third-order valence-electron chi connectivity index (χ3n) is 4.84. The van der Waals surface area contributed by atoms with Crippen LogP contribution in [0.2, 0.25) is 5.02 Å². The first-order chi connectivity index (χ1) is 11.2. The molecule has 0 aromatic carbocycles. The van der Waals surface area contributed by atoms with E-state index in [1.807, 2.05) is 11.0 Å². The van der Waals surface area contributed by atoms with Crippen molar-refractivity contribution in [2.45, 2.75) is 44.6 Å². The Kier molecular flexibility index (Phi) is 5.02. The molecular formula is C17H21ClN4O. The van der Waals surface area contributed by atoms with Crippen molar-refractivity contribution in [3.63, 3.8) is 0 Å². The van der Waals surface area contributed by atoms with Crippen molar-refractivity contribution >= 4 is 23.3 Å². The Balaban J connectivity index is 1.82. The number of nitrogens with zero attached hydrogens (tertiary/aromatic N) is 3. The van der Waals surface area contributed by atoms with Crippen molar-refractivity contribution < 1.29 is 4.79 Å². The zero-order valence-corrected chi connectivity index (χ0v) is 13.9. The predicted octanol–water partition coefficient (Wildman–Crippen LogP) is 2.88. The summed E-state index contributed by atoms with van der Waals surface area (Å²) in [4.78, 5) is 18.8. The molecule has 1 atom stereocenters. The quantitative estimate of drug-likeness (QED) is 0.924. The Hall–Kier alpha value is -1.80. The van der Waals surface area contributed by atoms with E-state index >= 15 is 0 Å². The zero-order chi connectivity index (χ0) is 16.2.